The minimum Gasteiger partial charge on any atom is -0.508 e. The smallest absolute Gasteiger partial charge is 0.257 e. The molecule has 21 heavy (non-hydrogen) atoms. The number of hydrogen-bond donors (Lipinski definition) is 3. The van der Waals surface area contributed by atoms with Gasteiger partial charge in [-0.15, -0.1) is 0 Å². The van der Waals surface area contributed by atoms with E-state index in [1.165, 1.54) is 18.2 Å². The Labute approximate surface area is 121 Å². The second-order valence-corrected chi connectivity index (χ2v) is 4.70. The van der Waals surface area contributed by atoms with Crippen molar-refractivity contribution >= 4 is 11.7 Å². The monoisotopic (exact) mass is 291 g/mol. The molecule has 0 aliphatic carbocycles. The maximum atomic E-state index is 12.1. The summed E-state index contributed by atoms with van der Waals surface area (Å²) >= 11 is 0. The van der Waals surface area contributed by atoms with Crippen LogP contribution in [-0.4, -0.2) is 38.6 Å². The third-order valence-corrected chi connectivity index (χ3v) is 2.60. The highest BCUT2D eigenvalue weighted by Gasteiger charge is 2.11. The van der Waals surface area contributed by atoms with Crippen molar-refractivity contribution in [2.45, 2.75) is 13.0 Å². The molecule has 1 aromatic heterocycles. The third kappa shape index (κ3) is 4.22. The summed E-state index contributed by atoms with van der Waals surface area (Å²) in [5, 5.41) is 25.5. The first-order chi connectivity index (χ1) is 9.94. The third-order valence-electron chi connectivity index (χ3n) is 2.60. The minimum absolute atomic E-state index is 0.0742. The van der Waals surface area contributed by atoms with Crippen molar-refractivity contribution < 1.29 is 19.7 Å². The van der Waals surface area contributed by atoms with E-state index in [0.717, 1.165) is 0 Å². The van der Waals surface area contributed by atoms with Crippen LogP contribution in [0.15, 0.2) is 30.5 Å². The number of carbonyl (C=O) groups is 1. The molecule has 1 heterocycles. The van der Waals surface area contributed by atoms with E-state index in [0.29, 0.717) is 11.6 Å². The first kappa shape index (κ1) is 14.9. The number of hydrogen-bond acceptors (Lipinski definition) is 5. The predicted molar refractivity (Wildman–Crippen MR) is 76.4 cm³/mol. The van der Waals surface area contributed by atoms with Gasteiger partial charge in [0, 0.05) is 30.9 Å². The molecule has 7 heteroatoms. The SMILES string of the molecule is CC(O)COc1cc(O)cc(C(=O)Nc2ccn(C)n2)c1. The molecule has 0 saturated heterocycles. The van der Waals surface area contributed by atoms with Gasteiger partial charge in [-0.1, -0.05) is 0 Å². The molecule has 3 N–H and O–H groups in total. The number of amides is 1. The summed E-state index contributed by atoms with van der Waals surface area (Å²) in [5.41, 5.74) is 0.237. The van der Waals surface area contributed by atoms with Crippen LogP contribution in [0.5, 0.6) is 11.5 Å². The number of aryl methyl sites for hydroxylation is 1. The second-order valence-electron chi connectivity index (χ2n) is 4.70. The van der Waals surface area contributed by atoms with Gasteiger partial charge in [-0.25, -0.2) is 0 Å². The molecule has 0 aliphatic rings. The number of aromatic nitrogens is 2. The largest absolute Gasteiger partial charge is 0.508 e. The predicted octanol–water partition coefficient (Wildman–Crippen LogP) is 1.14. The average Bonchev–Trinajstić information content (AvgIpc) is 2.81. The number of anilines is 1. The van der Waals surface area contributed by atoms with Gasteiger partial charge >= 0.3 is 0 Å². The zero-order chi connectivity index (χ0) is 15.4. The van der Waals surface area contributed by atoms with Crippen molar-refractivity contribution in [1.29, 1.82) is 0 Å². The quantitative estimate of drug-likeness (QED) is 0.767. The van der Waals surface area contributed by atoms with Gasteiger partial charge in [0.2, 0.25) is 0 Å². The van der Waals surface area contributed by atoms with Gasteiger partial charge < -0.3 is 20.3 Å². The number of aliphatic hydroxyl groups excluding tert-OH is 1. The Balaban J connectivity index is 2.12. The Morgan fingerprint density at radius 1 is 1.48 bits per heavy atom. The molecule has 1 aromatic carbocycles. The summed E-state index contributed by atoms with van der Waals surface area (Å²) in [6.07, 6.45) is 1.06. The van der Waals surface area contributed by atoms with E-state index >= 15 is 0 Å². The van der Waals surface area contributed by atoms with E-state index in [2.05, 4.69) is 10.4 Å². The number of aliphatic hydroxyl groups is 1. The lowest BCUT2D eigenvalue weighted by molar-refractivity contribution is 0.102. The number of nitrogens with one attached hydrogen (secondary N) is 1. The van der Waals surface area contributed by atoms with Crippen LogP contribution in [-0.2, 0) is 7.05 Å². The highest BCUT2D eigenvalue weighted by molar-refractivity contribution is 6.04. The molecule has 2 rings (SSSR count). The molecule has 0 fully saturated rings. The number of phenolic OH excluding ortho intramolecular Hbond substituents is 1. The lowest BCUT2D eigenvalue weighted by Gasteiger charge is -2.10. The van der Waals surface area contributed by atoms with Crippen molar-refractivity contribution in [3.63, 3.8) is 0 Å². The molecular formula is C14H17N3O4. The zero-order valence-electron chi connectivity index (χ0n) is 11.8. The van der Waals surface area contributed by atoms with Crippen molar-refractivity contribution in [3.05, 3.63) is 36.0 Å². The topological polar surface area (TPSA) is 96.6 Å². The normalized spacial score (nSPS) is 12.0. The average molecular weight is 291 g/mol. The molecule has 7 nitrogen and oxygen atoms in total. The van der Waals surface area contributed by atoms with Crippen molar-refractivity contribution in [3.8, 4) is 11.5 Å². The Kier molecular flexibility index (Phi) is 4.44. The fraction of sp³-hybridized carbons (Fsp3) is 0.286. The van der Waals surface area contributed by atoms with Crippen LogP contribution < -0.4 is 10.1 Å². The molecule has 1 amide bonds. The first-order valence-corrected chi connectivity index (χ1v) is 6.40. The lowest BCUT2D eigenvalue weighted by atomic mass is 10.2. The molecule has 112 valence electrons. The van der Waals surface area contributed by atoms with Crippen LogP contribution in [0, 0.1) is 0 Å². The highest BCUT2D eigenvalue weighted by atomic mass is 16.5. The van der Waals surface area contributed by atoms with Gasteiger partial charge in [0.05, 0.1) is 6.10 Å². The zero-order valence-corrected chi connectivity index (χ0v) is 11.8. The molecule has 0 aliphatic heterocycles. The van der Waals surface area contributed by atoms with Crippen LogP contribution in [0.4, 0.5) is 5.82 Å². The van der Waals surface area contributed by atoms with Crippen molar-refractivity contribution in [2.24, 2.45) is 7.05 Å². The van der Waals surface area contributed by atoms with E-state index < -0.39 is 12.0 Å². The van der Waals surface area contributed by atoms with Gasteiger partial charge in [0.1, 0.15) is 18.1 Å². The number of ether oxygens (including phenoxy) is 1. The Morgan fingerprint density at radius 2 is 2.24 bits per heavy atom. The Bertz CT molecular complexity index is 637. The van der Waals surface area contributed by atoms with Crippen LogP contribution in [0.1, 0.15) is 17.3 Å². The fourth-order valence-electron chi connectivity index (χ4n) is 1.68. The molecule has 1 atom stereocenters. The van der Waals surface area contributed by atoms with Crippen LogP contribution >= 0.6 is 0 Å². The number of nitrogens with zero attached hydrogens (tertiary/aromatic N) is 2. The molecule has 1 unspecified atom stereocenters. The number of phenols is 1. The van der Waals surface area contributed by atoms with E-state index in [1.54, 1.807) is 30.9 Å². The Morgan fingerprint density at radius 3 is 2.86 bits per heavy atom. The second kappa shape index (κ2) is 6.27. The summed E-state index contributed by atoms with van der Waals surface area (Å²) in [6, 6.07) is 5.85. The van der Waals surface area contributed by atoms with Gasteiger partial charge in [-0.3, -0.25) is 9.48 Å². The molecule has 0 bridgehead atoms. The van der Waals surface area contributed by atoms with Crippen molar-refractivity contribution in [2.75, 3.05) is 11.9 Å². The molecule has 0 saturated carbocycles. The van der Waals surface area contributed by atoms with E-state index in [4.69, 9.17) is 4.74 Å². The molecule has 0 spiro atoms. The molecule has 0 radical (unpaired) electrons. The van der Waals surface area contributed by atoms with E-state index in [9.17, 15) is 15.0 Å². The van der Waals surface area contributed by atoms with Gasteiger partial charge in [-0.05, 0) is 19.1 Å². The van der Waals surface area contributed by atoms with E-state index in [1.807, 2.05) is 0 Å². The van der Waals surface area contributed by atoms with Gasteiger partial charge in [0.25, 0.3) is 5.91 Å². The number of rotatable bonds is 5. The molecule has 2 aromatic rings. The minimum atomic E-state index is -0.641. The summed E-state index contributed by atoms with van der Waals surface area (Å²) in [4.78, 5) is 12.1. The van der Waals surface area contributed by atoms with Gasteiger partial charge in [0.15, 0.2) is 5.82 Å². The summed E-state index contributed by atoms with van der Waals surface area (Å²) in [7, 11) is 1.74. The standard InChI is InChI=1S/C14H17N3O4/c1-9(18)8-21-12-6-10(5-11(19)7-12)14(20)15-13-3-4-17(2)16-13/h3-7,9,18-19H,8H2,1-2H3,(H,15,16,20). The maximum absolute atomic E-state index is 12.1. The Hall–Kier alpha value is -2.54. The van der Waals surface area contributed by atoms with Crippen molar-refractivity contribution in [1.82, 2.24) is 9.78 Å². The summed E-state index contributed by atoms with van der Waals surface area (Å²) in [5.74, 6) is 0.218. The number of aromatic hydroxyl groups is 1. The van der Waals surface area contributed by atoms with Crippen LogP contribution in [0.25, 0.3) is 0 Å². The number of carbonyl (C=O) groups excluding carboxylic acids is 1. The van der Waals surface area contributed by atoms with Gasteiger partial charge in [-0.2, -0.15) is 5.10 Å². The highest BCUT2D eigenvalue weighted by Crippen LogP contribution is 2.22. The summed E-state index contributed by atoms with van der Waals surface area (Å²) < 4.78 is 6.85. The summed E-state index contributed by atoms with van der Waals surface area (Å²) in [6.45, 7) is 1.66. The number of benzene rings is 1. The van der Waals surface area contributed by atoms with Crippen LogP contribution in [0.2, 0.25) is 0 Å². The van der Waals surface area contributed by atoms with Crippen LogP contribution in [0.3, 0.4) is 0 Å². The lowest BCUT2D eigenvalue weighted by Crippen LogP contribution is -2.15. The fourth-order valence-corrected chi connectivity index (χ4v) is 1.68. The molecular weight excluding hydrogens is 274 g/mol. The first-order valence-electron chi connectivity index (χ1n) is 6.40. The maximum Gasteiger partial charge on any atom is 0.257 e. The van der Waals surface area contributed by atoms with E-state index in [-0.39, 0.29) is 17.9 Å².